The Balaban J connectivity index is 1.37. The monoisotopic (exact) mass is 429 g/mol. The third-order valence-electron chi connectivity index (χ3n) is 5.91. The Morgan fingerprint density at radius 3 is 2.30 bits per heavy atom. The number of likely N-dealkylation sites (tertiary alicyclic amines) is 1. The van der Waals surface area contributed by atoms with E-state index in [-0.39, 0.29) is 23.5 Å². The lowest BCUT2D eigenvalue weighted by Gasteiger charge is -2.32. The third kappa shape index (κ3) is 4.59. The van der Waals surface area contributed by atoms with Gasteiger partial charge in [-0.2, -0.15) is 0 Å². The number of benzene rings is 2. The number of nitrogens with zero attached hydrogens (tertiary/aromatic N) is 2. The molecule has 2 amide bonds. The number of halogens is 2. The number of carbonyl (C=O) groups is 2. The molecule has 7 heteroatoms. The summed E-state index contributed by atoms with van der Waals surface area (Å²) in [5.41, 5.74) is 2.22. The number of hydrogen-bond acceptors (Lipinski definition) is 3. The molecule has 2 saturated heterocycles. The molecule has 0 unspecified atom stereocenters. The number of piperidine rings is 1. The Kier molecular flexibility index (Phi) is 6.23. The summed E-state index contributed by atoms with van der Waals surface area (Å²) in [7, 11) is 0. The van der Waals surface area contributed by atoms with Crippen molar-refractivity contribution in [3.8, 4) is 0 Å². The van der Waals surface area contributed by atoms with Gasteiger partial charge in [0.05, 0.1) is 11.4 Å². The minimum Gasteiger partial charge on any atom is -0.370 e. The molecule has 2 aliphatic heterocycles. The molecule has 2 fully saturated rings. The highest BCUT2D eigenvalue weighted by molar-refractivity contribution is 6.31. The van der Waals surface area contributed by atoms with Gasteiger partial charge in [0.1, 0.15) is 5.82 Å². The SMILES string of the molecule is O=C(Nc1cc(Cl)ccc1N1CCCC1)C1CCN(C(=O)c2ccc(F)cc2)CC1. The zero-order valence-corrected chi connectivity index (χ0v) is 17.5. The average Bonchev–Trinajstić information content (AvgIpc) is 3.28. The summed E-state index contributed by atoms with van der Waals surface area (Å²) in [5, 5.41) is 3.66. The molecule has 0 bridgehead atoms. The first-order chi connectivity index (χ1) is 14.5. The number of rotatable bonds is 4. The molecule has 2 aliphatic rings. The Morgan fingerprint density at radius 2 is 1.63 bits per heavy atom. The van der Waals surface area contributed by atoms with Gasteiger partial charge < -0.3 is 15.1 Å². The lowest BCUT2D eigenvalue weighted by molar-refractivity contribution is -0.121. The Morgan fingerprint density at radius 1 is 0.967 bits per heavy atom. The van der Waals surface area contributed by atoms with Crippen molar-refractivity contribution in [1.82, 2.24) is 4.90 Å². The first-order valence-electron chi connectivity index (χ1n) is 10.4. The van der Waals surface area contributed by atoms with E-state index in [0.717, 1.165) is 37.3 Å². The van der Waals surface area contributed by atoms with Crippen LogP contribution in [0.4, 0.5) is 15.8 Å². The molecule has 0 aromatic heterocycles. The van der Waals surface area contributed by atoms with Crippen molar-refractivity contribution in [3.63, 3.8) is 0 Å². The first-order valence-corrected chi connectivity index (χ1v) is 10.8. The van der Waals surface area contributed by atoms with Gasteiger partial charge in [0.15, 0.2) is 0 Å². The summed E-state index contributed by atoms with van der Waals surface area (Å²) in [5.74, 6) is -0.685. The second-order valence-electron chi connectivity index (χ2n) is 7.92. The van der Waals surface area contributed by atoms with Crippen molar-refractivity contribution in [2.24, 2.45) is 5.92 Å². The Bertz CT molecular complexity index is 921. The molecule has 0 saturated carbocycles. The highest BCUT2D eigenvalue weighted by atomic mass is 35.5. The lowest BCUT2D eigenvalue weighted by Crippen LogP contribution is -2.41. The van der Waals surface area contributed by atoms with Crippen LogP contribution in [-0.2, 0) is 4.79 Å². The molecule has 30 heavy (non-hydrogen) atoms. The maximum absolute atomic E-state index is 13.1. The van der Waals surface area contributed by atoms with E-state index >= 15 is 0 Å². The second-order valence-corrected chi connectivity index (χ2v) is 8.35. The second kappa shape index (κ2) is 9.04. The number of carbonyl (C=O) groups excluding carboxylic acids is 2. The van der Waals surface area contributed by atoms with E-state index in [9.17, 15) is 14.0 Å². The summed E-state index contributed by atoms with van der Waals surface area (Å²) >= 11 is 6.18. The zero-order chi connectivity index (χ0) is 21.1. The zero-order valence-electron chi connectivity index (χ0n) is 16.7. The van der Waals surface area contributed by atoms with Crippen LogP contribution in [0.1, 0.15) is 36.0 Å². The van der Waals surface area contributed by atoms with Crippen LogP contribution in [-0.4, -0.2) is 42.9 Å². The summed E-state index contributed by atoms with van der Waals surface area (Å²) in [6, 6.07) is 11.2. The summed E-state index contributed by atoms with van der Waals surface area (Å²) in [4.78, 5) is 29.5. The van der Waals surface area contributed by atoms with Gasteiger partial charge in [-0.3, -0.25) is 9.59 Å². The van der Waals surface area contributed by atoms with Gasteiger partial charge in [0.25, 0.3) is 5.91 Å². The maximum atomic E-state index is 13.1. The van der Waals surface area contributed by atoms with Crippen molar-refractivity contribution in [2.45, 2.75) is 25.7 Å². The number of hydrogen-bond donors (Lipinski definition) is 1. The third-order valence-corrected chi connectivity index (χ3v) is 6.14. The van der Waals surface area contributed by atoms with Gasteiger partial charge >= 0.3 is 0 Å². The van der Waals surface area contributed by atoms with Crippen LogP contribution in [0.5, 0.6) is 0 Å². The van der Waals surface area contributed by atoms with E-state index in [4.69, 9.17) is 11.6 Å². The molecule has 5 nitrogen and oxygen atoms in total. The Hall–Kier alpha value is -2.60. The van der Waals surface area contributed by atoms with Crippen LogP contribution in [0.2, 0.25) is 5.02 Å². The van der Waals surface area contributed by atoms with Crippen LogP contribution < -0.4 is 10.2 Å². The molecular formula is C23H25ClFN3O2. The van der Waals surface area contributed by atoms with Gasteiger partial charge in [-0.1, -0.05) is 11.6 Å². The average molecular weight is 430 g/mol. The lowest BCUT2D eigenvalue weighted by atomic mass is 9.95. The molecule has 4 rings (SSSR count). The summed E-state index contributed by atoms with van der Waals surface area (Å²) < 4.78 is 13.1. The van der Waals surface area contributed by atoms with Gasteiger partial charge in [-0.25, -0.2) is 4.39 Å². The predicted molar refractivity (Wildman–Crippen MR) is 117 cm³/mol. The highest BCUT2D eigenvalue weighted by Crippen LogP contribution is 2.32. The molecular weight excluding hydrogens is 405 g/mol. The molecule has 1 N–H and O–H groups in total. The smallest absolute Gasteiger partial charge is 0.253 e. The van der Waals surface area contributed by atoms with Crippen molar-refractivity contribution >= 4 is 34.8 Å². The maximum Gasteiger partial charge on any atom is 0.253 e. The standard InChI is InChI=1S/C23H25ClFN3O2/c24-18-5-8-21(27-11-1-2-12-27)20(15-18)26-22(29)16-9-13-28(14-10-16)23(30)17-3-6-19(25)7-4-17/h3-8,15-16H,1-2,9-14H2,(H,26,29). The fourth-order valence-corrected chi connectivity index (χ4v) is 4.37. The van der Waals surface area contributed by atoms with Crippen molar-refractivity contribution in [2.75, 3.05) is 36.4 Å². The van der Waals surface area contributed by atoms with E-state index in [2.05, 4.69) is 10.2 Å². The fourth-order valence-electron chi connectivity index (χ4n) is 4.20. The number of anilines is 2. The Labute approximate surface area is 180 Å². The van der Waals surface area contributed by atoms with Crippen LogP contribution >= 0.6 is 11.6 Å². The topological polar surface area (TPSA) is 52.7 Å². The van der Waals surface area contributed by atoms with E-state index in [1.54, 1.807) is 11.0 Å². The quantitative estimate of drug-likeness (QED) is 0.774. The highest BCUT2D eigenvalue weighted by Gasteiger charge is 2.28. The normalized spacial score (nSPS) is 17.3. The van der Waals surface area contributed by atoms with Crippen LogP contribution in [0.15, 0.2) is 42.5 Å². The van der Waals surface area contributed by atoms with Crippen LogP contribution in [0, 0.1) is 11.7 Å². The molecule has 2 heterocycles. The van der Waals surface area contributed by atoms with E-state index in [0.29, 0.717) is 36.5 Å². The van der Waals surface area contributed by atoms with E-state index < -0.39 is 0 Å². The van der Waals surface area contributed by atoms with Crippen LogP contribution in [0.25, 0.3) is 0 Å². The molecule has 0 spiro atoms. The van der Waals surface area contributed by atoms with Gasteiger partial charge in [0.2, 0.25) is 5.91 Å². The van der Waals surface area contributed by atoms with Crippen LogP contribution in [0.3, 0.4) is 0 Å². The van der Waals surface area contributed by atoms with E-state index in [1.807, 2.05) is 12.1 Å². The minimum atomic E-state index is -0.365. The van der Waals surface area contributed by atoms with Crippen molar-refractivity contribution in [1.29, 1.82) is 0 Å². The van der Waals surface area contributed by atoms with Crippen molar-refractivity contribution < 1.29 is 14.0 Å². The molecule has 2 aromatic rings. The fraction of sp³-hybridized carbons (Fsp3) is 0.391. The molecule has 158 valence electrons. The summed E-state index contributed by atoms with van der Waals surface area (Å²) in [6.45, 7) is 2.97. The molecule has 0 radical (unpaired) electrons. The minimum absolute atomic E-state index is 0.0356. The predicted octanol–water partition coefficient (Wildman–Crippen LogP) is 4.57. The van der Waals surface area contributed by atoms with Gasteiger partial charge in [0, 0.05) is 42.7 Å². The number of nitrogens with one attached hydrogen (secondary N) is 1. The molecule has 2 aromatic carbocycles. The number of amides is 2. The van der Waals surface area contributed by atoms with Gasteiger partial charge in [-0.05, 0) is 68.1 Å². The molecule has 0 aliphatic carbocycles. The summed E-state index contributed by atoms with van der Waals surface area (Å²) in [6.07, 6.45) is 3.49. The van der Waals surface area contributed by atoms with E-state index in [1.165, 1.54) is 24.3 Å². The largest absolute Gasteiger partial charge is 0.370 e. The first kappa shape index (κ1) is 20.7. The van der Waals surface area contributed by atoms with Crippen molar-refractivity contribution in [3.05, 3.63) is 58.9 Å². The van der Waals surface area contributed by atoms with Gasteiger partial charge in [-0.15, -0.1) is 0 Å². The molecule has 0 atom stereocenters.